The maximum Gasteiger partial charge on any atom is 0.179 e. The van der Waals surface area contributed by atoms with Crippen molar-refractivity contribution >= 4 is 11.6 Å². The van der Waals surface area contributed by atoms with Crippen LogP contribution in [0.3, 0.4) is 0 Å². The van der Waals surface area contributed by atoms with Crippen LogP contribution in [0.2, 0.25) is 5.02 Å². The minimum atomic E-state index is 0.567. The van der Waals surface area contributed by atoms with Gasteiger partial charge < -0.3 is 14.8 Å². The van der Waals surface area contributed by atoms with Crippen molar-refractivity contribution in [1.82, 2.24) is 5.32 Å². The quantitative estimate of drug-likeness (QED) is 0.834. The molecule has 0 spiro atoms. The fraction of sp³-hybridized carbons (Fsp3) is 0.400. The zero-order chi connectivity index (χ0) is 10.6. The number of methoxy groups -OCH3 is 2. The number of benzene rings is 1. The number of hydrogen-bond donors (Lipinski definition) is 1. The number of ether oxygens (including phenoxy) is 2. The lowest BCUT2D eigenvalue weighted by Crippen LogP contribution is -2.05. The smallest absolute Gasteiger partial charge is 0.179 e. The molecule has 0 aliphatic rings. The van der Waals surface area contributed by atoms with Gasteiger partial charge in [0.2, 0.25) is 0 Å². The maximum absolute atomic E-state index is 6.02. The van der Waals surface area contributed by atoms with Gasteiger partial charge in [0.15, 0.2) is 11.5 Å². The summed E-state index contributed by atoms with van der Waals surface area (Å²) in [7, 11) is 5.05. The van der Waals surface area contributed by atoms with Crippen LogP contribution in [0.1, 0.15) is 5.56 Å². The van der Waals surface area contributed by atoms with Crippen LogP contribution in [-0.2, 0) is 6.54 Å². The van der Waals surface area contributed by atoms with Gasteiger partial charge in [-0.25, -0.2) is 0 Å². The molecular formula is C10H14ClNO2. The van der Waals surface area contributed by atoms with Crippen LogP contribution in [-0.4, -0.2) is 21.3 Å². The van der Waals surface area contributed by atoms with Crippen LogP contribution in [0.4, 0.5) is 0 Å². The van der Waals surface area contributed by atoms with E-state index in [1.807, 2.05) is 19.2 Å². The predicted octanol–water partition coefficient (Wildman–Crippen LogP) is 2.08. The molecular weight excluding hydrogens is 202 g/mol. The van der Waals surface area contributed by atoms with Crippen molar-refractivity contribution < 1.29 is 9.47 Å². The molecule has 0 aliphatic heterocycles. The van der Waals surface area contributed by atoms with Gasteiger partial charge in [-0.15, -0.1) is 0 Å². The standard InChI is InChI=1S/C10H14ClNO2/c1-12-6-7-4-8(11)10(14-3)9(5-7)13-2/h4-5,12H,6H2,1-3H3. The highest BCUT2D eigenvalue weighted by atomic mass is 35.5. The fourth-order valence-electron chi connectivity index (χ4n) is 1.28. The lowest BCUT2D eigenvalue weighted by molar-refractivity contribution is 0.354. The largest absolute Gasteiger partial charge is 0.493 e. The Labute approximate surface area is 89.0 Å². The highest BCUT2D eigenvalue weighted by molar-refractivity contribution is 6.32. The molecule has 14 heavy (non-hydrogen) atoms. The summed E-state index contributed by atoms with van der Waals surface area (Å²) in [4.78, 5) is 0. The van der Waals surface area contributed by atoms with Crippen LogP contribution in [0.15, 0.2) is 12.1 Å². The van der Waals surface area contributed by atoms with Gasteiger partial charge >= 0.3 is 0 Å². The summed E-state index contributed by atoms with van der Waals surface area (Å²) in [6, 6.07) is 3.76. The molecule has 1 N–H and O–H groups in total. The van der Waals surface area contributed by atoms with E-state index in [-0.39, 0.29) is 0 Å². The molecule has 0 aromatic heterocycles. The topological polar surface area (TPSA) is 30.5 Å². The second-order valence-corrected chi connectivity index (χ2v) is 3.25. The Bertz CT molecular complexity index is 315. The first kappa shape index (κ1) is 11.1. The van der Waals surface area contributed by atoms with Crippen molar-refractivity contribution in [3.8, 4) is 11.5 Å². The minimum absolute atomic E-state index is 0.567. The lowest BCUT2D eigenvalue weighted by Gasteiger charge is -2.11. The van der Waals surface area contributed by atoms with E-state index in [4.69, 9.17) is 21.1 Å². The Balaban J connectivity index is 3.10. The molecule has 78 valence electrons. The van der Waals surface area contributed by atoms with Crippen LogP contribution >= 0.6 is 11.6 Å². The number of halogens is 1. The maximum atomic E-state index is 6.02. The van der Waals surface area contributed by atoms with E-state index >= 15 is 0 Å². The average molecular weight is 216 g/mol. The van der Waals surface area contributed by atoms with Gasteiger partial charge in [-0.2, -0.15) is 0 Å². The first-order valence-corrected chi connectivity index (χ1v) is 4.65. The van der Waals surface area contributed by atoms with E-state index in [2.05, 4.69) is 5.32 Å². The van der Waals surface area contributed by atoms with Gasteiger partial charge in [0, 0.05) is 6.54 Å². The Morgan fingerprint density at radius 2 is 2.00 bits per heavy atom. The molecule has 0 fully saturated rings. The summed E-state index contributed by atoms with van der Waals surface area (Å²) >= 11 is 6.02. The summed E-state index contributed by atoms with van der Waals surface area (Å²) in [6.07, 6.45) is 0. The van der Waals surface area contributed by atoms with Gasteiger partial charge in [0.05, 0.1) is 19.2 Å². The normalized spacial score (nSPS) is 10.0. The summed E-state index contributed by atoms with van der Waals surface area (Å²) in [6.45, 7) is 0.750. The van der Waals surface area contributed by atoms with E-state index in [9.17, 15) is 0 Å². The molecule has 3 nitrogen and oxygen atoms in total. The molecule has 0 amide bonds. The molecule has 1 aromatic rings. The van der Waals surface area contributed by atoms with E-state index in [1.165, 1.54) is 0 Å². The zero-order valence-electron chi connectivity index (χ0n) is 8.56. The van der Waals surface area contributed by atoms with Gasteiger partial charge in [-0.1, -0.05) is 11.6 Å². The third-order valence-corrected chi connectivity index (χ3v) is 2.16. The second kappa shape index (κ2) is 5.08. The van der Waals surface area contributed by atoms with Crippen LogP contribution in [0, 0.1) is 0 Å². The third kappa shape index (κ3) is 2.30. The molecule has 1 rings (SSSR count). The van der Waals surface area contributed by atoms with Gasteiger partial charge in [-0.3, -0.25) is 0 Å². The van der Waals surface area contributed by atoms with Crippen molar-refractivity contribution in [2.75, 3.05) is 21.3 Å². The SMILES string of the molecule is CNCc1cc(Cl)c(OC)c(OC)c1. The predicted molar refractivity (Wildman–Crippen MR) is 57.3 cm³/mol. The Kier molecular flexibility index (Phi) is 4.04. The van der Waals surface area contributed by atoms with Gasteiger partial charge in [0.1, 0.15) is 0 Å². The molecule has 4 heteroatoms. The van der Waals surface area contributed by atoms with Crippen molar-refractivity contribution in [1.29, 1.82) is 0 Å². The van der Waals surface area contributed by atoms with Crippen molar-refractivity contribution in [2.24, 2.45) is 0 Å². The first-order chi connectivity index (χ1) is 6.72. The first-order valence-electron chi connectivity index (χ1n) is 4.28. The number of hydrogen-bond acceptors (Lipinski definition) is 3. The van der Waals surface area contributed by atoms with Crippen molar-refractivity contribution in [3.63, 3.8) is 0 Å². The monoisotopic (exact) mass is 215 g/mol. The molecule has 1 aromatic carbocycles. The molecule has 0 saturated heterocycles. The second-order valence-electron chi connectivity index (χ2n) is 2.84. The van der Waals surface area contributed by atoms with Crippen LogP contribution in [0.5, 0.6) is 11.5 Å². The summed E-state index contributed by atoms with van der Waals surface area (Å²) in [5, 5.41) is 3.61. The fourth-order valence-corrected chi connectivity index (χ4v) is 1.59. The lowest BCUT2D eigenvalue weighted by atomic mass is 10.2. The number of nitrogens with one attached hydrogen (secondary N) is 1. The summed E-state index contributed by atoms with van der Waals surface area (Å²) in [5.41, 5.74) is 1.06. The van der Waals surface area contributed by atoms with Crippen molar-refractivity contribution in [3.05, 3.63) is 22.7 Å². The van der Waals surface area contributed by atoms with E-state index in [0.29, 0.717) is 16.5 Å². The summed E-state index contributed by atoms with van der Waals surface area (Å²) in [5.74, 6) is 1.24. The molecule has 0 radical (unpaired) electrons. The van der Waals surface area contributed by atoms with Crippen LogP contribution in [0.25, 0.3) is 0 Å². The van der Waals surface area contributed by atoms with Crippen molar-refractivity contribution in [2.45, 2.75) is 6.54 Å². The Hall–Kier alpha value is -0.930. The van der Waals surface area contributed by atoms with Gasteiger partial charge in [-0.05, 0) is 24.7 Å². The zero-order valence-corrected chi connectivity index (χ0v) is 9.31. The molecule has 0 unspecified atom stereocenters. The van der Waals surface area contributed by atoms with E-state index in [1.54, 1.807) is 14.2 Å². The molecule has 0 bridgehead atoms. The average Bonchev–Trinajstić information content (AvgIpc) is 2.17. The molecule has 0 saturated carbocycles. The van der Waals surface area contributed by atoms with Gasteiger partial charge in [0.25, 0.3) is 0 Å². The molecule has 0 aliphatic carbocycles. The molecule has 0 atom stereocenters. The highest BCUT2D eigenvalue weighted by Gasteiger charge is 2.09. The highest BCUT2D eigenvalue weighted by Crippen LogP contribution is 2.35. The Morgan fingerprint density at radius 1 is 1.29 bits per heavy atom. The van der Waals surface area contributed by atoms with E-state index < -0.39 is 0 Å². The summed E-state index contributed by atoms with van der Waals surface area (Å²) < 4.78 is 10.3. The van der Waals surface area contributed by atoms with Crippen LogP contribution < -0.4 is 14.8 Å². The third-order valence-electron chi connectivity index (χ3n) is 1.87. The van der Waals surface area contributed by atoms with E-state index in [0.717, 1.165) is 12.1 Å². The number of rotatable bonds is 4. The molecule has 0 heterocycles. The Morgan fingerprint density at radius 3 is 2.50 bits per heavy atom. The minimum Gasteiger partial charge on any atom is -0.493 e.